The second kappa shape index (κ2) is 14.9. The summed E-state index contributed by atoms with van der Waals surface area (Å²) in [7, 11) is 3.64. The van der Waals surface area contributed by atoms with Crippen LogP contribution in [0.15, 0.2) is 24.3 Å². The Morgan fingerprint density at radius 3 is 2.23 bits per heavy atom. The second-order valence-electron chi connectivity index (χ2n) is 6.25. The van der Waals surface area contributed by atoms with Crippen LogP contribution in [0.3, 0.4) is 0 Å². The van der Waals surface area contributed by atoms with Crippen LogP contribution in [-0.4, -0.2) is 63.2 Å². The van der Waals surface area contributed by atoms with E-state index in [1.54, 1.807) is 0 Å². The minimum absolute atomic E-state index is 0.0840. The highest BCUT2D eigenvalue weighted by Gasteiger charge is 2.27. The van der Waals surface area contributed by atoms with Crippen LogP contribution >= 0.6 is 34.4 Å². The number of hydrogen-bond acceptors (Lipinski definition) is 9. The van der Waals surface area contributed by atoms with Gasteiger partial charge in [-0.15, -0.1) is 0 Å². The van der Waals surface area contributed by atoms with Gasteiger partial charge in [-0.05, 0) is 53.1 Å². The van der Waals surface area contributed by atoms with Crippen molar-refractivity contribution >= 4 is 58.4 Å². The van der Waals surface area contributed by atoms with E-state index in [9.17, 15) is 19.2 Å². The summed E-state index contributed by atoms with van der Waals surface area (Å²) in [5.74, 6) is -1.03. The normalized spacial score (nSPS) is 12.3. The van der Waals surface area contributed by atoms with Gasteiger partial charge < -0.3 is 24.3 Å². The number of hydrogen-bond donors (Lipinski definition) is 1. The summed E-state index contributed by atoms with van der Waals surface area (Å²) >= 11 is 3.62. The maximum atomic E-state index is 12.3. The molecule has 1 aromatic rings. The van der Waals surface area contributed by atoms with Crippen LogP contribution in [-0.2, 0) is 39.1 Å². The SMILES string of the molecule is COC(=O)CCC[C@H](NC(=O)O[C@@H](CSCc1ccc(I)cc1)C(=O)OC)C(=O)OC. The van der Waals surface area contributed by atoms with Crippen LogP contribution < -0.4 is 5.32 Å². The Balaban J connectivity index is 2.62. The first kappa shape index (κ1) is 27.0. The predicted molar refractivity (Wildman–Crippen MR) is 122 cm³/mol. The van der Waals surface area contributed by atoms with E-state index in [0.29, 0.717) is 12.2 Å². The summed E-state index contributed by atoms with van der Waals surface area (Å²) < 4.78 is 20.2. The van der Waals surface area contributed by atoms with Gasteiger partial charge in [-0.1, -0.05) is 12.1 Å². The Hall–Kier alpha value is -2.02. The molecule has 11 heteroatoms. The number of alkyl carbamates (subject to hydrolysis) is 1. The van der Waals surface area contributed by atoms with E-state index in [0.717, 1.165) is 9.13 Å². The summed E-state index contributed by atoms with van der Waals surface area (Å²) in [5, 5.41) is 2.38. The van der Waals surface area contributed by atoms with E-state index in [2.05, 4.69) is 37.4 Å². The summed E-state index contributed by atoms with van der Waals surface area (Å²) in [4.78, 5) is 47.4. The van der Waals surface area contributed by atoms with Crippen LogP contribution in [0.4, 0.5) is 4.79 Å². The molecule has 172 valence electrons. The summed E-state index contributed by atoms with van der Waals surface area (Å²) in [5.41, 5.74) is 1.06. The molecule has 2 atom stereocenters. The quantitative estimate of drug-likeness (QED) is 0.231. The van der Waals surface area contributed by atoms with Crippen molar-refractivity contribution in [1.82, 2.24) is 5.32 Å². The number of carbonyl (C=O) groups is 4. The minimum Gasteiger partial charge on any atom is -0.469 e. The lowest BCUT2D eigenvalue weighted by Crippen LogP contribution is -2.44. The molecule has 0 heterocycles. The molecule has 9 nitrogen and oxygen atoms in total. The highest BCUT2D eigenvalue weighted by molar-refractivity contribution is 14.1. The number of methoxy groups -OCH3 is 3. The molecule has 0 aliphatic carbocycles. The van der Waals surface area contributed by atoms with Crippen molar-refractivity contribution in [3.05, 3.63) is 33.4 Å². The number of amides is 1. The van der Waals surface area contributed by atoms with Crippen LogP contribution in [0.2, 0.25) is 0 Å². The van der Waals surface area contributed by atoms with Crippen molar-refractivity contribution in [3.63, 3.8) is 0 Å². The molecule has 0 radical (unpaired) electrons. The summed E-state index contributed by atoms with van der Waals surface area (Å²) in [6.07, 6.45) is -1.59. The number of carbonyl (C=O) groups excluding carboxylic acids is 4. The van der Waals surface area contributed by atoms with Gasteiger partial charge in [0.15, 0.2) is 0 Å². The van der Waals surface area contributed by atoms with Crippen LogP contribution in [0.25, 0.3) is 0 Å². The fourth-order valence-corrected chi connectivity index (χ4v) is 3.72. The monoisotopic (exact) mass is 567 g/mol. The first-order valence-electron chi connectivity index (χ1n) is 9.32. The van der Waals surface area contributed by atoms with Gasteiger partial charge in [-0.3, -0.25) is 4.79 Å². The number of rotatable bonds is 12. The number of nitrogens with one attached hydrogen (secondary N) is 1. The number of halogens is 1. The summed E-state index contributed by atoms with van der Waals surface area (Å²) in [6.45, 7) is 0. The zero-order chi connectivity index (χ0) is 23.2. The van der Waals surface area contributed by atoms with Gasteiger partial charge >= 0.3 is 24.0 Å². The fourth-order valence-electron chi connectivity index (χ4n) is 2.40. The molecular weight excluding hydrogens is 541 g/mol. The Morgan fingerprint density at radius 1 is 1.00 bits per heavy atom. The van der Waals surface area contributed by atoms with E-state index < -0.39 is 36.1 Å². The summed E-state index contributed by atoms with van der Waals surface area (Å²) in [6, 6.07) is 6.88. The van der Waals surface area contributed by atoms with Gasteiger partial charge in [-0.2, -0.15) is 11.8 Å². The van der Waals surface area contributed by atoms with Crippen LogP contribution in [0.1, 0.15) is 24.8 Å². The molecule has 0 saturated carbocycles. The van der Waals surface area contributed by atoms with Crippen molar-refractivity contribution in [2.24, 2.45) is 0 Å². The van der Waals surface area contributed by atoms with E-state index in [1.165, 1.54) is 33.1 Å². The van der Waals surface area contributed by atoms with E-state index in [1.807, 2.05) is 24.3 Å². The van der Waals surface area contributed by atoms with Crippen molar-refractivity contribution in [2.45, 2.75) is 37.2 Å². The van der Waals surface area contributed by atoms with Gasteiger partial charge in [0.05, 0.1) is 21.3 Å². The highest BCUT2D eigenvalue weighted by Crippen LogP contribution is 2.17. The molecule has 0 bridgehead atoms. The van der Waals surface area contributed by atoms with Gasteiger partial charge in [0.1, 0.15) is 6.04 Å². The first-order chi connectivity index (χ1) is 14.8. The van der Waals surface area contributed by atoms with Crippen molar-refractivity contribution in [3.8, 4) is 0 Å². The van der Waals surface area contributed by atoms with Crippen molar-refractivity contribution in [2.75, 3.05) is 27.1 Å². The standard InChI is InChI=1S/C20H26INO8S/c1-27-17(23)6-4-5-15(18(24)28-2)22-20(26)30-16(19(25)29-3)12-31-11-13-7-9-14(21)10-8-13/h7-10,15-16H,4-6,11-12H2,1-3H3,(H,22,26)/t15-,16-/m0/s1. The number of ether oxygens (including phenoxy) is 4. The average molecular weight is 567 g/mol. The first-order valence-corrected chi connectivity index (χ1v) is 11.6. The molecule has 1 N–H and O–H groups in total. The van der Waals surface area contributed by atoms with E-state index in [4.69, 9.17) is 9.47 Å². The minimum atomic E-state index is -1.15. The van der Waals surface area contributed by atoms with Gasteiger partial charge in [-0.25, -0.2) is 14.4 Å². The molecular formula is C20H26INO8S. The van der Waals surface area contributed by atoms with Gasteiger partial charge in [0.25, 0.3) is 0 Å². The van der Waals surface area contributed by atoms with Crippen LogP contribution in [0.5, 0.6) is 0 Å². The molecule has 0 aromatic heterocycles. The van der Waals surface area contributed by atoms with Gasteiger partial charge in [0.2, 0.25) is 6.10 Å². The lowest BCUT2D eigenvalue weighted by atomic mass is 10.1. The lowest BCUT2D eigenvalue weighted by Gasteiger charge is -2.19. The molecule has 1 rings (SSSR count). The topological polar surface area (TPSA) is 117 Å². The third-order valence-electron chi connectivity index (χ3n) is 4.04. The molecule has 1 aromatic carbocycles. The van der Waals surface area contributed by atoms with Crippen molar-refractivity contribution < 1.29 is 38.1 Å². The molecule has 0 aliphatic rings. The van der Waals surface area contributed by atoms with Crippen molar-refractivity contribution in [1.29, 1.82) is 0 Å². The zero-order valence-electron chi connectivity index (χ0n) is 17.6. The predicted octanol–water partition coefficient (Wildman–Crippen LogP) is 2.68. The van der Waals surface area contributed by atoms with Crippen LogP contribution in [0, 0.1) is 3.57 Å². The maximum absolute atomic E-state index is 12.3. The smallest absolute Gasteiger partial charge is 0.408 e. The highest BCUT2D eigenvalue weighted by atomic mass is 127. The Bertz CT molecular complexity index is 743. The zero-order valence-corrected chi connectivity index (χ0v) is 20.5. The fraction of sp³-hybridized carbons (Fsp3) is 0.500. The molecule has 0 saturated heterocycles. The largest absolute Gasteiger partial charge is 0.469 e. The molecule has 31 heavy (non-hydrogen) atoms. The molecule has 0 unspecified atom stereocenters. The average Bonchev–Trinajstić information content (AvgIpc) is 2.77. The second-order valence-corrected chi connectivity index (χ2v) is 8.52. The Morgan fingerprint density at radius 2 is 1.65 bits per heavy atom. The Kier molecular flexibility index (Phi) is 13.0. The molecule has 0 spiro atoms. The van der Waals surface area contributed by atoms with Gasteiger partial charge in [0, 0.05) is 21.5 Å². The molecule has 0 fully saturated rings. The number of benzene rings is 1. The third-order valence-corrected chi connectivity index (χ3v) is 5.84. The van der Waals surface area contributed by atoms with E-state index in [-0.39, 0.29) is 18.6 Å². The molecule has 1 amide bonds. The number of esters is 3. The maximum Gasteiger partial charge on any atom is 0.408 e. The third kappa shape index (κ3) is 10.7. The Labute approximate surface area is 199 Å². The lowest BCUT2D eigenvalue weighted by molar-refractivity contribution is -0.149. The number of thioether (sulfide) groups is 1. The van der Waals surface area contributed by atoms with E-state index >= 15 is 0 Å². The molecule has 0 aliphatic heterocycles.